The maximum Gasteiger partial charge on any atom is 0.322 e. The zero-order valence-corrected chi connectivity index (χ0v) is 15.0. The molecule has 1 atom stereocenters. The van der Waals surface area contributed by atoms with Gasteiger partial charge in [-0.05, 0) is 43.0 Å². The Morgan fingerprint density at radius 2 is 1.96 bits per heavy atom. The molecule has 0 bridgehead atoms. The number of urea groups is 1. The number of hydrogen-bond acceptors (Lipinski definition) is 1. The van der Waals surface area contributed by atoms with Gasteiger partial charge in [-0.2, -0.15) is 0 Å². The molecule has 3 rings (SSSR count). The number of nitrogens with one attached hydrogen (secondary N) is 1. The van der Waals surface area contributed by atoms with E-state index in [0.717, 1.165) is 25.2 Å². The average molecular weight is 325 g/mol. The molecule has 0 spiro atoms. The molecule has 0 fully saturated rings. The van der Waals surface area contributed by atoms with Crippen molar-refractivity contribution in [2.45, 2.75) is 46.7 Å². The molecule has 2 aromatic rings. The van der Waals surface area contributed by atoms with Crippen molar-refractivity contribution in [2.75, 3.05) is 11.9 Å². The van der Waals surface area contributed by atoms with Gasteiger partial charge in [-0.3, -0.25) is 0 Å². The Balaban J connectivity index is 1.86. The minimum atomic E-state index is -0.000275. The highest BCUT2D eigenvalue weighted by Crippen LogP contribution is 2.34. The maximum absolute atomic E-state index is 13.0. The Bertz CT molecular complexity index is 732. The van der Waals surface area contributed by atoms with Gasteiger partial charge in [0.15, 0.2) is 0 Å². The van der Waals surface area contributed by atoms with Crippen LogP contribution in [0.15, 0.2) is 36.4 Å². The molecule has 0 saturated carbocycles. The molecule has 128 valence electrons. The fraction of sp³-hybridized carbons (Fsp3) is 0.450. The van der Waals surface area contributed by atoms with Crippen molar-refractivity contribution < 1.29 is 4.79 Å². The van der Waals surface area contributed by atoms with E-state index in [1.54, 1.807) is 0 Å². The number of aromatic nitrogens is 1. The van der Waals surface area contributed by atoms with Crippen molar-refractivity contribution >= 4 is 11.7 Å². The number of hydrogen-bond donors (Lipinski definition) is 1. The monoisotopic (exact) mass is 325 g/mol. The molecule has 0 aliphatic carbocycles. The summed E-state index contributed by atoms with van der Waals surface area (Å²) in [6.45, 7) is 10.2. The summed E-state index contributed by atoms with van der Waals surface area (Å²) in [5.74, 6) is 0.366. The van der Waals surface area contributed by atoms with Crippen LogP contribution in [0.25, 0.3) is 0 Å². The molecule has 2 amide bonds. The van der Waals surface area contributed by atoms with E-state index in [4.69, 9.17) is 0 Å². The summed E-state index contributed by atoms with van der Waals surface area (Å²) >= 11 is 0. The molecule has 4 nitrogen and oxygen atoms in total. The largest absolute Gasteiger partial charge is 0.345 e. The Kier molecular flexibility index (Phi) is 4.65. The first-order valence-corrected chi connectivity index (χ1v) is 8.84. The highest BCUT2D eigenvalue weighted by molar-refractivity contribution is 5.90. The molecule has 1 aliphatic heterocycles. The smallest absolute Gasteiger partial charge is 0.322 e. The minimum absolute atomic E-state index is 0.000275. The van der Waals surface area contributed by atoms with Gasteiger partial charge < -0.3 is 14.8 Å². The molecule has 24 heavy (non-hydrogen) atoms. The van der Waals surface area contributed by atoms with Crippen molar-refractivity contribution in [3.63, 3.8) is 0 Å². The fourth-order valence-corrected chi connectivity index (χ4v) is 3.73. The second kappa shape index (κ2) is 6.71. The first kappa shape index (κ1) is 16.6. The molecular weight excluding hydrogens is 298 g/mol. The standard InChI is InChI=1S/C20H27N3O/c1-5-16-8-6-7-9-17(16)21-20(24)23-13-12-22-15(4)10-11-18(22)19(23)14(2)3/h6-11,14,19H,5,12-13H2,1-4H3,(H,21,24). The van der Waals surface area contributed by atoms with E-state index >= 15 is 0 Å². The van der Waals surface area contributed by atoms with E-state index in [2.05, 4.69) is 55.8 Å². The van der Waals surface area contributed by atoms with Crippen molar-refractivity contribution in [2.24, 2.45) is 5.92 Å². The van der Waals surface area contributed by atoms with Crippen LogP contribution in [0.1, 0.15) is 43.8 Å². The van der Waals surface area contributed by atoms with Gasteiger partial charge in [-0.25, -0.2) is 4.79 Å². The van der Waals surface area contributed by atoms with Crippen LogP contribution in [0, 0.1) is 12.8 Å². The summed E-state index contributed by atoms with van der Waals surface area (Å²) in [7, 11) is 0. The zero-order valence-electron chi connectivity index (χ0n) is 15.0. The summed E-state index contributed by atoms with van der Waals surface area (Å²) < 4.78 is 2.34. The lowest BCUT2D eigenvalue weighted by atomic mass is 9.97. The van der Waals surface area contributed by atoms with Gasteiger partial charge in [0.2, 0.25) is 0 Å². The van der Waals surface area contributed by atoms with E-state index < -0.39 is 0 Å². The molecule has 1 N–H and O–H groups in total. The fourth-order valence-electron chi connectivity index (χ4n) is 3.73. The molecule has 1 aromatic carbocycles. The van der Waals surface area contributed by atoms with Gasteiger partial charge in [0.25, 0.3) is 0 Å². The molecule has 1 aliphatic rings. The SMILES string of the molecule is CCc1ccccc1NC(=O)N1CCn2c(C)ccc2C1C(C)C. The third kappa shape index (κ3) is 2.93. The van der Waals surface area contributed by atoms with Gasteiger partial charge in [-0.1, -0.05) is 39.0 Å². The van der Waals surface area contributed by atoms with Crippen molar-refractivity contribution in [1.82, 2.24) is 9.47 Å². The highest BCUT2D eigenvalue weighted by atomic mass is 16.2. The van der Waals surface area contributed by atoms with Gasteiger partial charge in [0.05, 0.1) is 6.04 Å². The second-order valence-electron chi connectivity index (χ2n) is 6.87. The first-order chi connectivity index (χ1) is 11.5. The summed E-state index contributed by atoms with van der Waals surface area (Å²) in [4.78, 5) is 15.0. The van der Waals surface area contributed by atoms with Gasteiger partial charge in [-0.15, -0.1) is 0 Å². The Hall–Kier alpha value is -2.23. The van der Waals surface area contributed by atoms with Crippen LogP contribution in [-0.2, 0) is 13.0 Å². The summed E-state index contributed by atoms with van der Waals surface area (Å²) in [6.07, 6.45) is 0.909. The number of amides is 2. The van der Waals surface area contributed by atoms with Crippen molar-refractivity contribution in [3.8, 4) is 0 Å². The van der Waals surface area contributed by atoms with Crippen LogP contribution < -0.4 is 5.32 Å². The van der Waals surface area contributed by atoms with Crippen LogP contribution in [0.4, 0.5) is 10.5 Å². The van der Waals surface area contributed by atoms with Crippen LogP contribution in [0.5, 0.6) is 0 Å². The van der Waals surface area contributed by atoms with E-state index in [1.165, 1.54) is 17.0 Å². The molecule has 1 unspecified atom stereocenters. The Morgan fingerprint density at radius 1 is 1.21 bits per heavy atom. The van der Waals surface area contributed by atoms with Crippen LogP contribution in [0.3, 0.4) is 0 Å². The zero-order chi connectivity index (χ0) is 17.3. The number of benzene rings is 1. The Labute approximate surface area is 144 Å². The molecular formula is C20H27N3O. The minimum Gasteiger partial charge on any atom is -0.345 e. The summed E-state index contributed by atoms with van der Waals surface area (Å²) in [5, 5.41) is 3.13. The number of nitrogens with zero attached hydrogens (tertiary/aromatic N) is 2. The maximum atomic E-state index is 13.0. The number of fused-ring (bicyclic) bond motifs is 1. The van der Waals surface area contributed by atoms with Crippen LogP contribution in [-0.4, -0.2) is 22.0 Å². The predicted molar refractivity (Wildman–Crippen MR) is 98.3 cm³/mol. The van der Waals surface area contributed by atoms with E-state index in [1.807, 2.05) is 23.1 Å². The Morgan fingerprint density at radius 3 is 2.67 bits per heavy atom. The molecule has 2 heterocycles. The highest BCUT2D eigenvalue weighted by Gasteiger charge is 2.33. The lowest BCUT2D eigenvalue weighted by Gasteiger charge is -2.39. The number of carbonyl (C=O) groups is 1. The second-order valence-corrected chi connectivity index (χ2v) is 6.87. The van der Waals surface area contributed by atoms with E-state index in [9.17, 15) is 4.79 Å². The number of rotatable bonds is 3. The van der Waals surface area contributed by atoms with E-state index in [-0.39, 0.29) is 12.1 Å². The van der Waals surface area contributed by atoms with Gasteiger partial charge in [0, 0.05) is 30.2 Å². The number of aryl methyl sites for hydroxylation is 2. The molecule has 0 radical (unpaired) electrons. The van der Waals surface area contributed by atoms with Crippen LogP contribution >= 0.6 is 0 Å². The van der Waals surface area contributed by atoms with Crippen LogP contribution in [0.2, 0.25) is 0 Å². The lowest BCUT2D eigenvalue weighted by molar-refractivity contribution is 0.143. The van der Waals surface area contributed by atoms with Crippen molar-refractivity contribution in [1.29, 1.82) is 0 Å². The first-order valence-electron chi connectivity index (χ1n) is 8.84. The van der Waals surface area contributed by atoms with E-state index in [0.29, 0.717) is 5.92 Å². The normalized spacial score (nSPS) is 17.0. The van der Waals surface area contributed by atoms with Gasteiger partial charge >= 0.3 is 6.03 Å². The summed E-state index contributed by atoms with van der Waals surface area (Å²) in [5.41, 5.74) is 4.60. The van der Waals surface area contributed by atoms with Gasteiger partial charge in [0.1, 0.15) is 0 Å². The summed E-state index contributed by atoms with van der Waals surface area (Å²) in [6, 6.07) is 12.5. The molecule has 0 saturated heterocycles. The predicted octanol–water partition coefficient (Wildman–Crippen LogP) is 4.60. The quantitative estimate of drug-likeness (QED) is 0.879. The number of carbonyl (C=O) groups excluding carboxylic acids is 1. The number of para-hydroxylation sites is 1. The third-order valence-corrected chi connectivity index (χ3v) is 4.97. The number of anilines is 1. The van der Waals surface area contributed by atoms with Crippen molar-refractivity contribution in [3.05, 3.63) is 53.3 Å². The third-order valence-electron chi connectivity index (χ3n) is 4.97. The topological polar surface area (TPSA) is 37.3 Å². The average Bonchev–Trinajstić information content (AvgIpc) is 2.95. The lowest BCUT2D eigenvalue weighted by Crippen LogP contribution is -2.46. The molecule has 1 aromatic heterocycles. The molecule has 4 heteroatoms.